The molecule has 0 aromatic heterocycles. The van der Waals surface area contributed by atoms with E-state index >= 15 is 0 Å². The largest absolute Gasteiger partial charge is 0.497 e. The quantitative estimate of drug-likeness (QED) is 0.776. The summed E-state index contributed by atoms with van der Waals surface area (Å²) in [5.74, 6) is 0.320. The van der Waals surface area contributed by atoms with Crippen LogP contribution in [0.15, 0.2) is 24.3 Å². The van der Waals surface area contributed by atoms with Crippen molar-refractivity contribution in [3.05, 3.63) is 24.3 Å². The number of anilines is 1. The van der Waals surface area contributed by atoms with E-state index in [0.29, 0.717) is 18.0 Å². The molecule has 0 aliphatic carbocycles. The number of unbranched alkanes of at least 4 members (excludes halogenated alkanes) is 1. The fourth-order valence-corrected chi connectivity index (χ4v) is 1.77. The van der Waals surface area contributed by atoms with Crippen molar-refractivity contribution in [3.8, 4) is 5.75 Å². The third-order valence-corrected chi connectivity index (χ3v) is 2.90. The Hall–Kier alpha value is -2.04. The van der Waals surface area contributed by atoms with Crippen LogP contribution in [0.2, 0.25) is 0 Å². The molecule has 5 heteroatoms. The van der Waals surface area contributed by atoms with E-state index in [9.17, 15) is 9.59 Å². The molecule has 5 nitrogen and oxygen atoms in total. The van der Waals surface area contributed by atoms with Gasteiger partial charge in [0.2, 0.25) is 11.8 Å². The first kappa shape index (κ1) is 16.0. The highest BCUT2D eigenvalue weighted by atomic mass is 16.5. The molecule has 0 fully saturated rings. The number of hydrogen-bond donors (Lipinski definition) is 1. The molecule has 1 rings (SSSR count). The molecule has 0 saturated carbocycles. The van der Waals surface area contributed by atoms with Gasteiger partial charge in [-0.1, -0.05) is 19.4 Å². The van der Waals surface area contributed by atoms with Crippen LogP contribution in [0, 0.1) is 0 Å². The van der Waals surface area contributed by atoms with E-state index in [0.717, 1.165) is 12.8 Å². The lowest BCUT2D eigenvalue weighted by Crippen LogP contribution is -2.40. The van der Waals surface area contributed by atoms with Crippen LogP contribution < -0.4 is 15.0 Å². The molecule has 0 aliphatic rings. The number of ether oxygens (including phenoxy) is 1. The van der Waals surface area contributed by atoms with E-state index in [4.69, 9.17) is 4.74 Å². The predicted octanol–water partition coefficient (Wildman–Crippen LogP) is 1.96. The third kappa shape index (κ3) is 4.91. The SMILES string of the molecule is CCCCNC(=O)CN(C(C)=O)c1cccc(OC)c1. The molecule has 0 bridgehead atoms. The minimum absolute atomic E-state index is 0.0201. The Kier molecular flexibility index (Phi) is 6.56. The lowest BCUT2D eigenvalue weighted by molar-refractivity contribution is -0.123. The molecule has 0 radical (unpaired) electrons. The van der Waals surface area contributed by atoms with Crippen LogP contribution in [0.4, 0.5) is 5.69 Å². The van der Waals surface area contributed by atoms with Gasteiger partial charge < -0.3 is 15.0 Å². The summed E-state index contributed by atoms with van der Waals surface area (Å²) >= 11 is 0. The summed E-state index contributed by atoms with van der Waals surface area (Å²) in [4.78, 5) is 25.0. The second kappa shape index (κ2) is 8.19. The predicted molar refractivity (Wildman–Crippen MR) is 78.9 cm³/mol. The summed E-state index contributed by atoms with van der Waals surface area (Å²) in [5, 5.41) is 2.80. The summed E-state index contributed by atoms with van der Waals surface area (Å²) in [6.45, 7) is 4.16. The first-order valence-electron chi connectivity index (χ1n) is 6.77. The van der Waals surface area contributed by atoms with Gasteiger partial charge in [0, 0.05) is 25.2 Å². The highest BCUT2D eigenvalue weighted by Crippen LogP contribution is 2.20. The van der Waals surface area contributed by atoms with Gasteiger partial charge in [0.15, 0.2) is 0 Å². The fraction of sp³-hybridized carbons (Fsp3) is 0.467. The zero-order chi connectivity index (χ0) is 15.0. The minimum atomic E-state index is -0.177. The summed E-state index contributed by atoms with van der Waals surface area (Å²) in [7, 11) is 1.56. The van der Waals surface area contributed by atoms with E-state index in [1.807, 2.05) is 0 Å². The van der Waals surface area contributed by atoms with Crippen molar-refractivity contribution < 1.29 is 14.3 Å². The molecule has 0 spiro atoms. The van der Waals surface area contributed by atoms with Crippen molar-refractivity contribution >= 4 is 17.5 Å². The Labute approximate surface area is 119 Å². The van der Waals surface area contributed by atoms with Crippen LogP contribution in [0.5, 0.6) is 5.75 Å². The van der Waals surface area contributed by atoms with E-state index in [-0.39, 0.29) is 18.4 Å². The number of carbonyl (C=O) groups is 2. The van der Waals surface area contributed by atoms with Gasteiger partial charge >= 0.3 is 0 Å². The van der Waals surface area contributed by atoms with Crippen LogP contribution in [0.3, 0.4) is 0 Å². The van der Waals surface area contributed by atoms with Gasteiger partial charge in [0.1, 0.15) is 12.3 Å². The standard InChI is InChI=1S/C15H22N2O3/c1-4-5-9-16-15(19)11-17(12(2)18)13-7-6-8-14(10-13)20-3/h6-8,10H,4-5,9,11H2,1-3H3,(H,16,19). The maximum atomic E-state index is 11.8. The Morgan fingerprint density at radius 1 is 1.35 bits per heavy atom. The normalized spacial score (nSPS) is 9.95. The van der Waals surface area contributed by atoms with E-state index in [1.165, 1.54) is 11.8 Å². The molecule has 20 heavy (non-hydrogen) atoms. The van der Waals surface area contributed by atoms with Crippen molar-refractivity contribution in [1.29, 1.82) is 0 Å². The van der Waals surface area contributed by atoms with Gasteiger partial charge in [0.25, 0.3) is 0 Å². The van der Waals surface area contributed by atoms with Crippen molar-refractivity contribution in [1.82, 2.24) is 5.32 Å². The zero-order valence-electron chi connectivity index (χ0n) is 12.3. The number of nitrogens with zero attached hydrogens (tertiary/aromatic N) is 1. The number of carbonyl (C=O) groups excluding carboxylic acids is 2. The summed E-state index contributed by atoms with van der Waals surface area (Å²) in [5.41, 5.74) is 0.655. The lowest BCUT2D eigenvalue weighted by atomic mass is 10.2. The average Bonchev–Trinajstić information content (AvgIpc) is 2.44. The lowest BCUT2D eigenvalue weighted by Gasteiger charge is -2.21. The maximum absolute atomic E-state index is 11.8. The smallest absolute Gasteiger partial charge is 0.240 e. The molecule has 110 valence electrons. The molecular weight excluding hydrogens is 256 g/mol. The first-order valence-corrected chi connectivity index (χ1v) is 6.77. The van der Waals surface area contributed by atoms with Crippen LogP contribution in [0.1, 0.15) is 26.7 Å². The monoisotopic (exact) mass is 278 g/mol. The molecule has 1 aromatic carbocycles. The Morgan fingerprint density at radius 3 is 2.70 bits per heavy atom. The molecule has 1 N–H and O–H groups in total. The maximum Gasteiger partial charge on any atom is 0.240 e. The number of benzene rings is 1. The van der Waals surface area contributed by atoms with Gasteiger partial charge in [-0.05, 0) is 18.6 Å². The minimum Gasteiger partial charge on any atom is -0.497 e. The van der Waals surface area contributed by atoms with Gasteiger partial charge in [-0.15, -0.1) is 0 Å². The van der Waals surface area contributed by atoms with Gasteiger partial charge in [0.05, 0.1) is 7.11 Å². The van der Waals surface area contributed by atoms with Crippen molar-refractivity contribution in [2.75, 3.05) is 25.1 Å². The number of amides is 2. The Morgan fingerprint density at radius 2 is 2.10 bits per heavy atom. The molecule has 1 aromatic rings. The highest BCUT2D eigenvalue weighted by Gasteiger charge is 2.15. The molecule has 0 atom stereocenters. The Balaban J connectivity index is 2.73. The molecule has 2 amide bonds. The average molecular weight is 278 g/mol. The van der Waals surface area contributed by atoms with Crippen LogP contribution in [-0.2, 0) is 9.59 Å². The van der Waals surface area contributed by atoms with Crippen LogP contribution in [0.25, 0.3) is 0 Å². The summed E-state index contributed by atoms with van der Waals surface area (Å²) in [6.07, 6.45) is 1.96. The fourth-order valence-electron chi connectivity index (χ4n) is 1.77. The molecule has 0 saturated heterocycles. The second-order valence-corrected chi connectivity index (χ2v) is 4.51. The summed E-state index contributed by atoms with van der Waals surface area (Å²) in [6, 6.07) is 7.10. The van der Waals surface area contributed by atoms with Crippen molar-refractivity contribution in [2.45, 2.75) is 26.7 Å². The molecule has 0 heterocycles. The third-order valence-electron chi connectivity index (χ3n) is 2.90. The van der Waals surface area contributed by atoms with E-state index in [2.05, 4.69) is 12.2 Å². The number of hydrogen-bond acceptors (Lipinski definition) is 3. The van der Waals surface area contributed by atoms with E-state index in [1.54, 1.807) is 31.4 Å². The van der Waals surface area contributed by atoms with Gasteiger partial charge in [-0.2, -0.15) is 0 Å². The number of rotatable bonds is 7. The molecule has 0 aliphatic heterocycles. The van der Waals surface area contributed by atoms with Crippen molar-refractivity contribution in [3.63, 3.8) is 0 Å². The second-order valence-electron chi connectivity index (χ2n) is 4.51. The van der Waals surface area contributed by atoms with Gasteiger partial charge in [-0.3, -0.25) is 9.59 Å². The van der Waals surface area contributed by atoms with Crippen LogP contribution in [-0.4, -0.2) is 32.0 Å². The topological polar surface area (TPSA) is 58.6 Å². The first-order chi connectivity index (χ1) is 9.58. The number of methoxy groups -OCH3 is 1. The van der Waals surface area contributed by atoms with E-state index < -0.39 is 0 Å². The van der Waals surface area contributed by atoms with Gasteiger partial charge in [-0.25, -0.2) is 0 Å². The zero-order valence-corrected chi connectivity index (χ0v) is 12.3. The van der Waals surface area contributed by atoms with Crippen LogP contribution >= 0.6 is 0 Å². The van der Waals surface area contributed by atoms with Crippen molar-refractivity contribution in [2.24, 2.45) is 0 Å². The summed E-state index contributed by atoms with van der Waals surface area (Å²) < 4.78 is 5.13. The Bertz CT molecular complexity index is 460. The molecular formula is C15H22N2O3. The highest BCUT2D eigenvalue weighted by molar-refractivity contribution is 5.97. The number of nitrogens with one attached hydrogen (secondary N) is 1. The molecule has 0 unspecified atom stereocenters.